The van der Waals surface area contributed by atoms with Crippen LogP contribution in [0.1, 0.15) is 27.7 Å². The van der Waals surface area contributed by atoms with Crippen LogP contribution in [0.15, 0.2) is 23.6 Å². The number of halogens is 1. The van der Waals surface area contributed by atoms with Crippen molar-refractivity contribution in [3.63, 3.8) is 0 Å². The second-order valence-corrected chi connectivity index (χ2v) is 6.87. The Morgan fingerprint density at radius 1 is 1.11 bits per heavy atom. The maximum Gasteiger partial charge on any atom is 0.497 e. The average Bonchev–Trinajstić information content (AvgIpc) is 2.80. The van der Waals surface area contributed by atoms with E-state index in [0.29, 0.717) is 5.46 Å². The van der Waals surface area contributed by atoms with Gasteiger partial charge in [-0.2, -0.15) is 0 Å². The Balaban J connectivity index is 2.04. The highest BCUT2D eigenvalue weighted by atomic mass is 32.1. The summed E-state index contributed by atoms with van der Waals surface area (Å²) >= 11 is 1.59. The first-order valence-electron chi connectivity index (χ1n) is 6.32. The Hall–Kier alpha value is -0.905. The zero-order chi connectivity index (χ0) is 13.8. The second kappa shape index (κ2) is 4.04. The van der Waals surface area contributed by atoms with E-state index in [0.717, 1.165) is 10.1 Å². The molecular formula is C14H16BFO2S. The molecule has 100 valence electrons. The zero-order valence-corrected chi connectivity index (χ0v) is 12.3. The molecule has 1 aromatic heterocycles. The average molecular weight is 278 g/mol. The molecule has 1 aliphatic heterocycles. The highest BCUT2D eigenvalue weighted by Crippen LogP contribution is 2.37. The van der Waals surface area contributed by atoms with E-state index in [9.17, 15) is 4.39 Å². The number of fused-ring (bicyclic) bond motifs is 1. The largest absolute Gasteiger partial charge is 0.497 e. The summed E-state index contributed by atoms with van der Waals surface area (Å²) in [4.78, 5) is 0. The zero-order valence-electron chi connectivity index (χ0n) is 11.5. The summed E-state index contributed by atoms with van der Waals surface area (Å²) in [5.74, 6) is -0.274. The molecular weight excluding hydrogens is 262 g/mol. The lowest BCUT2D eigenvalue weighted by atomic mass is 9.78. The van der Waals surface area contributed by atoms with E-state index in [-0.39, 0.29) is 5.82 Å². The van der Waals surface area contributed by atoms with Crippen LogP contribution in [0.4, 0.5) is 4.39 Å². The monoisotopic (exact) mass is 278 g/mol. The molecule has 0 unspecified atom stereocenters. The molecule has 1 fully saturated rings. The predicted octanol–water partition coefficient (Wildman–Crippen LogP) is 3.34. The quantitative estimate of drug-likeness (QED) is 0.745. The fourth-order valence-electron chi connectivity index (χ4n) is 2.15. The van der Waals surface area contributed by atoms with Gasteiger partial charge in [0.25, 0.3) is 0 Å². The van der Waals surface area contributed by atoms with Crippen molar-refractivity contribution in [3.8, 4) is 0 Å². The van der Waals surface area contributed by atoms with Gasteiger partial charge in [0.1, 0.15) is 5.82 Å². The van der Waals surface area contributed by atoms with Crippen molar-refractivity contribution in [2.75, 3.05) is 0 Å². The van der Waals surface area contributed by atoms with Crippen LogP contribution in [-0.4, -0.2) is 18.3 Å². The van der Waals surface area contributed by atoms with E-state index in [1.807, 2.05) is 45.2 Å². The third-order valence-electron chi connectivity index (χ3n) is 4.08. The molecule has 19 heavy (non-hydrogen) atoms. The molecule has 1 saturated heterocycles. The van der Waals surface area contributed by atoms with Crippen LogP contribution in [0, 0.1) is 5.82 Å². The van der Waals surface area contributed by atoms with Crippen LogP contribution >= 0.6 is 11.3 Å². The Morgan fingerprint density at radius 3 is 2.37 bits per heavy atom. The predicted molar refractivity (Wildman–Crippen MR) is 77.5 cm³/mol. The molecule has 0 bridgehead atoms. The summed E-state index contributed by atoms with van der Waals surface area (Å²) in [5.41, 5.74) is -0.420. The molecule has 0 spiro atoms. The van der Waals surface area contributed by atoms with Gasteiger partial charge < -0.3 is 9.31 Å². The number of hydrogen-bond donors (Lipinski definition) is 0. The van der Waals surface area contributed by atoms with E-state index in [2.05, 4.69) is 0 Å². The SMILES string of the molecule is CC1(C)OB(c2cc3sccc3cc2F)OC1(C)C. The fourth-order valence-corrected chi connectivity index (χ4v) is 2.97. The van der Waals surface area contributed by atoms with Gasteiger partial charge in [-0.3, -0.25) is 0 Å². The lowest BCUT2D eigenvalue weighted by Gasteiger charge is -2.32. The van der Waals surface area contributed by atoms with Gasteiger partial charge in [-0.05, 0) is 56.7 Å². The van der Waals surface area contributed by atoms with Crippen LogP contribution in [0.25, 0.3) is 10.1 Å². The summed E-state index contributed by atoms with van der Waals surface area (Å²) in [6.45, 7) is 7.87. The molecule has 5 heteroatoms. The topological polar surface area (TPSA) is 18.5 Å². The minimum Gasteiger partial charge on any atom is -0.399 e. The van der Waals surface area contributed by atoms with Crippen molar-refractivity contribution in [1.82, 2.24) is 0 Å². The smallest absolute Gasteiger partial charge is 0.399 e. The maximum absolute atomic E-state index is 14.2. The molecule has 2 nitrogen and oxygen atoms in total. The second-order valence-electron chi connectivity index (χ2n) is 5.92. The van der Waals surface area contributed by atoms with E-state index < -0.39 is 18.3 Å². The molecule has 0 atom stereocenters. The van der Waals surface area contributed by atoms with E-state index >= 15 is 0 Å². The fraction of sp³-hybridized carbons (Fsp3) is 0.429. The number of benzene rings is 1. The minimum absolute atomic E-state index is 0.274. The molecule has 2 aromatic rings. The minimum atomic E-state index is -0.642. The molecule has 2 heterocycles. The van der Waals surface area contributed by atoms with E-state index in [4.69, 9.17) is 9.31 Å². The van der Waals surface area contributed by atoms with Crippen molar-refractivity contribution in [2.45, 2.75) is 38.9 Å². The molecule has 1 aliphatic rings. The van der Waals surface area contributed by atoms with Crippen LogP contribution in [-0.2, 0) is 9.31 Å². The van der Waals surface area contributed by atoms with Crippen LogP contribution in [0.5, 0.6) is 0 Å². The van der Waals surface area contributed by atoms with Gasteiger partial charge in [0.2, 0.25) is 0 Å². The number of rotatable bonds is 1. The lowest BCUT2D eigenvalue weighted by Crippen LogP contribution is -2.41. The maximum atomic E-state index is 14.2. The van der Waals surface area contributed by atoms with E-state index in [1.54, 1.807) is 17.4 Å². The molecule has 0 amide bonds. The standard InChI is InChI=1S/C14H16BFO2S/c1-13(2)14(3,4)18-15(17-13)10-8-12-9(5-6-19-12)7-11(10)16/h5-8H,1-4H3. The van der Waals surface area contributed by atoms with Gasteiger partial charge >= 0.3 is 7.12 Å². The van der Waals surface area contributed by atoms with Crippen molar-refractivity contribution < 1.29 is 13.7 Å². The number of hydrogen-bond acceptors (Lipinski definition) is 3. The van der Waals surface area contributed by atoms with Crippen LogP contribution < -0.4 is 5.46 Å². The normalized spacial score (nSPS) is 21.2. The summed E-state index contributed by atoms with van der Waals surface area (Å²) < 4.78 is 27.0. The third kappa shape index (κ3) is 2.00. The van der Waals surface area contributed by atoms with Crippen molar-refractivity contribution in [1.29, 1.82) is 0 Å². The molecule has 1 aromatic carbocycles. The highest BCUT2D eigenvalue weighted by molar-refractivity contribution is 7.17. The van der Waals surface area contributed by atoms with Gasteiger partial charge in [0, 0.05) is 10.2 Å². The third-order valence-corrected chi connectivity index (χ3v) is 4.96. The molecule has 3 rings (SSSR count). The summed E-state index contributed by atoms with van der Waals surface area (Å²) in [5, 5.41) is 2.88. The van der Waals surface area contributed by atoms with Gasteiger partial charge in [0.05, 0.1) is 11.2 Å². The Kier molecular flexibility index (Phi) is 2.79. The van der Waals surface area contributed by atoms with Gasteiger partial charge in [-0.1, -0.05) is 0 Å². The Bertz CT molecular complexity index is 619. The molecule has 0 saturated carbocycles. The summed E-state index contributed by atoms with van der Waals surface area (Å²) in [7, 11) is -0.642. The lowest BCUT2D eigenvalue weighted by molar-refractivity contribution is 0.00578. The molecule has 0 N–H and O–H groups in total. The van der Waals surface area contributed by atoms with Crippen molar-refractivity contribution in [3.05, 3.63) is 29.4 Å². The van der Waals surface area contributed by atoms with Crippen LogP contribution in [0.2, 0.25) is 0 Å². The van der Waals surface area contributed by atoms with Crippen molar-refractivity contribution >= 4 is 34.0 Å². The first-order valence-corrected chi connectivity index (χ1v) is 7.20. The van der Waals surface area contributed by atoms with Gasteiger partial charge in [0.15, 0.2) is 0 Å². The van der Waals surface area contributed by atoms with Crippen molar-refractivity contribution in [2.24, 2.45) is 0 Å². The Morgan fingerprint density at radius 2 is 1.74 bits per heavy atom. The Labute approximate surface area is 116 Å². The molecule has 0 radical (unpaired) electrons. The highest BCUT2D eigenvalue weighted by Gasteiger charge is 2.52. The summed E-state index contributed by atoms with van der Waals surface area (Å²) in [6, 6.07) is 5.29. The van der Waals surface area contributed by atoms with E-state index in [1.165, 1.54) is 0 Å². The van der Waals surface area contributed by atoms with Gasteiger partial charge in [-0.15, -0.1) is 11.3 Å². The number of thiophene rings is 1. The molecule has 0 aliphatic carbocycles. The first kappa shape index (κ1) is 13.1. The van der Waals surface area contributed by atoms with Crippen LogP contribution in [0.3, 0.4) is 0 Å². The first-order chi connectivity index (χ1) is 8.80. The summed E-state index contributed by atoms with van der Waals surface area (Å²) in [6.07, 6.45) is 0. The van der Waals surface area contributed by atoms with Gasteiger partial charge in [-0.25, -0.2) is 4.39 Å².